The van der Waals surface area contributed by atoms with Crippen LogP contribution in [0.4, 0.5) is 5.95 Å². The molecule has 4 nitrogen and oxygen atoms in total. The van der Waals surface area contributed by atoms with Crippen molar-refractivity contribution < 1.29 is 4.74 Å². The highest BCUT2D eigenvalue weighted by molar-refractivity contribution is 6.43. The minimum atomic E-state index is 0.209. The lowest BCUT2D eigenvalue weighted by Crippen LogP contribution is -1.98. The first-order valence-corrected chi connectivity index (χ1v) is 6.07. The molecule has 1 N–H and O–H groups in total. The molecular weight excluding hydrogens is 296 g/mol. The molecule has 1 heterocycles. The Morgan fingerprint density at radius 1 is 1.17 bits per heavy atom. The van der Waals surface area contributed by atoms with Crippen molar-refractivity contribution in [1.82, 2.24) is 9.97 Å². The topological polar surface area (TPSA) is 47.0 Å². The summed E-state index contributed by atoms with van der Waals surface area (Å²) >= 11 is 17.8. The fourth-order valence-electron chi connectivity index (χ4n) is 1.21. The Balaban J connectivity index is 2.36. The summed E-state index contributed by atoms with van der Waals surface area (Å²) < 4.78 is 5.52. The molecule has 0 radical (unpaired) electrons. The van der Waals surface area contributed by atoms with E-state index in [4.69, 9.17) is 39.5 Å². The highest BCUT2D eigenvalue weighted by atomic mass is 35.5. The Morgan fingerprint density at radius 3 is 2.67 bits per heavy atom. The van der Waals surface area contributed by atoms with Gasteiger partial charge in [-0.05, 0) is 12.1 Å². The second-order valence-corrected chi connectivity index (χ2v) is 4.44. The van der Waals surface area contributed by atoms with Crippen LogP contribution in [0.3, 0.4) is 0 Å². The molecule has 7 heteroatoms. The number of rotatable bonds is 3. The van der Waals surface area contributed by atoms with Crippen LogP contribution in [-0.4, -0.2) is 17.0 Å². The lowest BCUT2D eigenvalue weighted by molar-refractivity contribution is 0.463. The van der Waals surface area contributed by atoms with Crippen LogP contribution in [-0.2, 0) is 0 Å². The Kier molecular flexibility index (Phi) is 4.11. The SMILES string of the molecule is CNc1ncc(Cl)c(Oc2cccc(Cl)c2Cl)n1. The molecule has 0 atom stereocenters. The van der Waals surface area contributed by atoms with Crippen LogP contribution in [0, 0.1) is 0 Å². The summed E-state index contributed by atoms with van der Waals surface area (Å²) in [4.78, 5) is 8.02. The number of halogens is 3. The summed E-state index contributed by atoms with van der Waals surface area (Å²) in [7, 11) is 1.69. The molecule has 0 amide bonds. The van der Waals surface area contributed by atoms with E-state index in [1.807, 2.05) is 0 Å². The maximum Gasteiger partial charge on any atom is 0.243 e. The lowest BCUT2D eigenvalue weighted by atomic mass is 10.3. The molecule has 0 saturated carbocycles. The van der Waals surface area contributed by atoms with E-state index in [-0.39, 0.29) is 10.9 Å². The van der Waals surface area contributed by atoms with Crippen molar-refractivity contribution in [2.24, 2.45) is 0 Å². The summed E-state index contributed by atoms with van der Waals surface area (Å²) in [6.45, 7) is 0. The van der Waals surface area contributed by atoms with Crippen LogP contribution in [0.1, 0.15) is 0 Å². The van der Waals surface area contributed by atoms with Crippen LogP contribution in [0.2, 0.25) is 15.1 Å². The largest absolute Gasteiger partial charge is 0.436 e. The molecular formula is C11H8Cl3N3O. The van der Waals surface area contributed by atoms with Crippen molar-refractivity contribution in [3.05, 3.63) is 39.5 Å². The van der Waals surface area contributed by atoms with E-state index in [1.165, 1.54) is 6.20 Å². The molecule has 18 heavy (non-hydrogen) atoms. The van der Waals surface area contributed by atoms with Gasteiger partial charge in [0.1, 0.15) is 15.8 Å². The fraction of sp³-hybridized carbons (Fsp3) is 0.0909. The van der Waals surface area contributed by atoms with Crippen molar-refractivity contribution >= 4 is 40.8 Å². The maximum atomic E-state index is 6.01. The molecule has 1 aromatic carbocycles. The molecule has 0 bridgehead atoms. The zero-order chi connectivity index (χ0) is 13.1. The molecule has 1 aromatic heterocycles. The van der Waals surface area contributed by atoms with E-state index >= 15 is 0 Å². The Labute approximate surface area is 119 Å². The average Bonchev–Trinajstić information content (AvgIpc) is 2.37. The number of hydrogen-bond donors (Lipinski definition) is 1. The number of benzene rings is 1. The third-order valence-electron chi connectivity index (χ3n) is 2.06. The minimum absolute atomic E-state index is 0.209. The maximum absolute atomic E-state index is 6.01. The number of ether oxygens (including phenoxy) is 1. The number of hydrogen-bond acceptors (Lipinski definition) is 4. The predicted molar refractivity (Wildman–Crippen MR) is 73.1 cm³/mol. The van der Waals surface area contributed by atoms with E-state index in [0.717, 1.165) is 0 Å². The molecule has 0 unspecified atom stereocenters. The molecule has 2 aromatic rings. The highest BCUT2D eigenvalue weighted by Crippen LogP contribution is 2.36. The smallest absolute Gasteiger partial charge is 0.243 e. The third kappa shape index (κ3) is 2.77. The van der Waals surface area contributed by atoms with Gasteiger partial charge in [0, 0.05) is 7.05 Å². The molecule has 0 aliphatic heterocycles. The average molecular weight is 305 g/mol. The Bertz CT molecular complexity index is 577. The van der Waals surface area contributed by atoms with Crippen LogP contribution < -0.4 is 10.1 Å². The van der Waals surface area contributed by atoms with Crippen LogP contribution >= 0.6 is 34.8 Å². The van der Waals surface area contributed by atoms with Gasteiger partial charge in [-0.25, -0.2) is 4.98 Å². The summed E-state index contributed by atoms with van der Waals surface area (Å²) in [5.74, 6) is 0.986. The Morgan fingerprint density at radius 2 is 1.94 bits per heavy atom. The van der Waals surface area contributed by atoms with Crippen molar-refractivity contribution in [1.29, 1.82) is 0 Å². The van der Waals surface area contributed by atoms with E-state index in [9.17, 15) is 0 Å². The highest BCUT2D eigenvalue weighted by Gasteiger charge is 2.11. The van der Waals surface area contributed by atoms with Gasteiger partial charge >= 0.3 is 0 Å². The van der Waals surface area contributed by atoms with Gasteiger partial charge in [0.2, 0.25) is 11.8 Å². The first-order valence-electron chi connectivity index (χ1n) is 4.94. The first kappa shape index (κ1) is 13.2. The standard InChI is InChI=1S/C11H8Cl3N3O/c1-15-11-16-5-7(13)10(17-11)18-8-4-2-3-6(12)9(8)14/h2-5H,1H3,(H,15,16,17). The third-order valence-corrected chi connectivity index (χ3v) is 3.12. The van der Waals surface area contributed by atoms with Crippen LogP contribution in [0.15, 0.2) is 24.4 Å². The van der Waals surface area contributed by atoms with Crippen LogP contribution in [0.5, 0.6) is 11.6 Å². The van der Waals surface area contributed by atoms with Gasteiger partial charge in [0.25, 0.3) is 0 Å². The minimum Gasteiger partial charge on any atom is -0.436 e. The molecule has 0 aliphatic rings. The van der Waals surface area contributed by atoms with E-state index < -0.39 is 0 Å². The normalized spacial score (nSPS) is 10.2. The fourth-order valence-corrected chi connectivity index (χ4v) is 1.67. The van der Waals surface area contributed by atoms with Gasteiger partial charge in [-0.1, -0.05) is 40.9 Å². The summed E-state index contributed by atoms with van der Waals surface area (Å²) in [6, 6.07) is 5.06. The number of nitrogens with one attached hydrogen (secondary N) is 1. The van der Waals surface area contributed by atoms with Gasteiger partial charge in [-0.3, -0.25) is 0 Å². The van der Waals surface area contributed by atoms with Gasteiger partial charge < -0.3 is 10.1 Å². The van der Waals surface area contributed by atoms with E-state index in [0.29, 0.717) is 21.7 Å². The Hall–Kier alpha value is -1.23. The number of nitrogens with zero attached hydrogens (tertiary/aromatic N) is 2. The molecule has 94 valence electrons. The van der Waals surface area contributed by atoms with Crippen molar-refractivity contribution in [3.63, 3.8) is 0 Å². The first-order chi connectivity index (χ1) is 8.61. The van der Waals surface area contributed by atoms with Gasteiger partial charge in [-0.15, -0.1) is 0 Å². The number of anilines is 1. The predicted octanol–water partition coefficient (Wildman–Crippen LogP) is 4.27. The molecule has 0 saturated heterocycles. The van der Waals surface area contributed by atoms with E-state index in [2.05, 4.69) is 15.3 Å². The van der Waals surface area contributed by atoms with Gasteiger partial charge in [0.05, 0.1) is 11.2 Å². The number of aromatic nitrogens is 2. The monoisotopic (exact) mass is 303 g/mol. The van der Waals surface area contributed by atoms with Gasteiger partial charge in [-0.2, -0.15) is 4.98 Å². The lowest BCUT2D eigenvalue weighted by Gasteiger charge is -2.09. The molecule has 0 spiro atoms. The zero-order valence-electron chi connectivity index (χ0n) is 9.25. The molecule has 2 rings (SSSR count). The molecule has 0 fully saturated rings. The molecule has 0 aliphatic carbocycles. The summed E-state index contributed by atoms with van der Waals surface area (Å²) in [5, 5.41) is 3.77. The van der Waals surface area contributed by atoms with Crippen molar-refractivity contribution in [3.8, 4) is 11.6 Å². The summed E-state index contributed by atoms with van der Waals surface area (Å²) in [6.07, 6.45) is 1.44. The van der Waals surface area contributed by atoms with Crippen molar-refractivity contribution in [2.45, 2.75) is 0 Å². The second kappa shape index (κ2) is 5.61. The van der Waals surface area contributed by atoms with Crippen LogP contribution in [0.25, 0.3) is 0 Å². The zero-order valence-corrected chi connectivity index (χ0v) is 11.5. The van der Waals surface area contributed by atoms with E-state index in [1.54, 1.807) is 25.2 Å². The van der Waals surface area contributed by atoms with Gasteiger partial charge in [0.15, 0.2) is 0 Å². The van der Waals surface area contributed by atoms with Crippen molar-refractivity contribution in [2.75, 3.05) is 12.4 Å². The second-order valence-electron chi connectivity index (χ2n) is 3.25. The summed E-state index contributed by atoms with van der Waals surface area (Å²) in [5.41, 5.74) is 0. The quantitative estimate of drug-likeness (QED) is 0.920.